The minimum Gasteiger partial charge on any atom is -0.493 e. The Balaban J connectivity index is 2.27. The monoisotopic (exact) mass is 352 g/mol. The summed E-state index contributed by atoms with van der Waals surface area (Å²) in [6, 6.07) is 9.24. The second-order valence-electron chi connectivity index (χ2n) is 4.66. The molecular formula is C15H16N2O6S. The molecule has 9 heteroatoms. The SMILES string of the molecule is CCOc1ccc(NS(=O)(=O)c2ccc([N+](=O)[O-])cc2)cc1OC. The van der Waals surface area contributed by atoms with Crippen molar-refractivity contribution in [3.63, 3.8) is 0 Å². The third-order valence-corrected chi connectivity index (χ3v) is 4.47. The zero-order valence-corrected chi connectivity index (χ0v) is 13.9. The molecule has 0 bridgehead atoms. The van der Waals surface area contributed by atoms with Crippen LogP contribution in [0.4, 0.5) is 11.4 Å². The molecule has 0 unspecified atom stereocenters. The quantitative estimate of drug-likeness (QED) is 0.606. The van der Waals surface area contributed by atoms with E-state index in [1.165, 1.54) is 31.4 Å². The minimum absolute atomic E-state index is 0.0825. The van der Waals surface area contributed by atoms with E-state index in [4.69, 9.17) is 9.47 Å². The zero-order valence-electron chi connectivity index (χ0n) is 13.1. The van der Waals surface area contributed by atoms with Gasteiger partial charge in [-0.1, -0.05) is 0 Å². The number of ether oxygens (including phenoxy) is 2. The van der Waals surface area contributed by atoms with Crippen LogP contribution in [0.3, 0.4) is 0 Å². The third-order valence-electron chi connectivity index (χ3n) is 3.07. The van der Waals surface area contributed by atoms with E-state index in [2.05, 4.69) is 4.72 Å². The molecule has 0 saturated heterocycles. The van der Waals surface area contributed by atoms with Crippen molar-refractivity contribution in [2.24, 2.45) is 0 Å². The summed E-state index contributed by atoms with van der Waals surface area (Å²) in [6.45, 7) is 2.27. The first-order valence-electron chi connectivity index (χ1n) is 6.95. The number of nitro benzene ring substituents is 1. The number of nitrogens with zero attached hydrogens (tertiary/aromatic N) is 1. The van der Waals surface area contributed by atoms with Gasteiger partial charge in [0, 0.05) is 18.2 Å². The maximum Gasteiger partial charge on any atom is 0.269 e. The van der Waals surface area contributed by atoms with Gasteiger partial charge in [0.25, 0.3) is 15.7 Å². The van der Waals surface area contributed by atoms with Gasteiger partial charge in [-0.15, -0.1) is 0 Å². The molecule has 24 heavy (non-hydrogen) atoms. The Morgan fingerprint density at radius 1 is 1.12 bits per heavy atom. The van der Waals surface area contributed by atoms with Gasteiger partial charge in [-0.25, -0.2) is 8.42 Å². The van der Waals surface area contributed by atoms with Crippen LogP contribution in [-0.2, 0) is 10.0 Å². The van der Waals surface area contributed by atoms with Crippen LogP contribution < -0.4 is 14.2 Å². The second-order valence-corrected chi connectivity index (χ2v) is 6.34. The summed E-state index contributed by atoms with van der Waals surface area (Å²) in [7, 11) is -2.42. The lowest BCUT2D eigenvalue weighted by molar-refractivity contribution is -0.384. The van der Waals surface area contributed by atoms with Crippen LogP contribution >= 0.6 is 0 Å². The van der Waals surface area contributed by atoms with Crippen LogP contribution in [0, 0.1) is 10.1 Å². The van der Waals surface area contributed by atoms with Gasteiger partial charge in [0.2, 0.25) is 0 Å². The molecule has 0 spiro atoms. The van der Waals surface area contributed by atoms with Gasteiger partial charge in [0.1, 0.15) is 0 Å². The van der Waals surface area contributed by atoms with Crippen molar-refractivity contribution in [2.45, 2.75) is 11.8 Å². The smallest absolute Gasteiger partial charge is 0.269 e. The van der Waals surface area contributed by atoms with Crippen molar-refractivity contribution in [3.8, 4) is 11.5 Å². The number of sulfonamides is 1. The van der Waals surface area contributed by atoms with Crippen molar-refractivity contribution in [1.29, 1.82) is 0 Å². The summed E-state index contributed by atoms with van der Waals surface area (Å²) >= 11 is 0. The number of methoxy groups -OCH3 is 1. The van der Waals surface area contributed by atoms with Crippen molar-refractivity contribution >= 4 is 21.4 Å². The van der Waals surface area contributed by atoms with Crippen molar-refractivity contribution in [3.05, 3.63) is 52.6 Å². The topological polar surface area (TPSA) is 108 Å². The van der Waals surface area contributed by atoms with Gasteiger partial charge in [0.05, 0.1) is 29.2 Å². The van der Waals surface area contributed by atoms with E-state index in [-0.39, 0.29) is 16.3 Å². The molecular weight excluding hydrogens is 336 g/mol. The molecule has 0 aliphatic carbocycles. The summed E-state index contributed by atoms with van der Waals surface area (Å²) in [6.07, 6.45) is 0. The maximum absolute atomic E-state index is 12.3. The normalized spacial score (nSPS) is 10.9. The number of rotatable bonds is 7. The molecule has 1 N–H and O–H groups in total. The minimum atomic E-state index is -3.87. The molecule has 0 aliphatic heterocycles. The predicted molar refractivity (Wildman–Crippen MR) is 88.1 cm³/mol. The van der Waals surface area contributed by atoms with Gasteiger partial charge in [-0.05, 0) is 31.2 Å². The molecule has 8 nitrogen and oxygen atoms in total. The summed E-state index contributed by atoms with van der Waals surface area (Å²) in [5.74, 6) is 0.888. The molecule has 0 fully saturated rings. The lowest BCUT2D eigenvalue weighted by Gasteiger charge is -2.12. The fourth-order valence-electron chi connectivity index (χ4n) is 1.97. The highest BCUT2D eigenvalue weighted by Gasteiger charge is 2.17. The molecule has 2 aromatic rings. The molecule has 0 aromatic heterocycles. The van der Waals surface area contributed by atoms with E-state index in [9.17, 15) is 18.5 Å². The van der Waals surface area contributed by atoms with Crippen molar-refractivity contribution in [2.75, 3.05) is 18.4 Å². The number of benzene rings is 2. The van der Waals surface area contributed by atoms with E-state index < -0.39 is 14.9 Å². The van der Waals surface area contributed by atoms with E-state index in [0.29, 0.717) is 18.1 Å². The van der Waals surface area contributed by atoms with Crippen LogP contribution in [0.1, 0.15) is 6.92 Å². The van der Waals surface area contributed by atoms with Crippen LogP contribution in [0.15, 0.2) is 47.4 Å². The molecule has 0 aliphatic rings. The molecule has 0 radical (unpaired) electrons. The lowest BCUT2D eigenvalue weighted by atomic mass is 10.3. The van der Waals surface area contributed by atoms with Crippen LogP contribution in [-0.4, -0.2) is 27.1 Å². The first-order chi connectivity index (χ1) is 11.4. The molecule has 128 valence electrons. The van der Waals surface area contributed by atoms with Crippen LogP contribution in [0.5, 0.6) is 11.5 Å². The Labute approximate surface area is 139 Å². The van der Waals surface area contributed by atoms with E-state index in [1.54, 1.807) is 6.07 Å². The highest BCUT2D eigenvalue weighted by atomic mass is 32.2. The maximum atomic E-state index is 12.3. The van der Waals surface area contributed by atoms with Gasteiger partial charge in [0.15, 0.2) is 11.5 Å². The number of hydrogen-bond donors (Lipinski definition) is 1. The summed E-state index contributed by atoms with van der Waals surface area (Å²) in [5, 5.41) is 10.6. The molecule has 2 aromatic carbocycles. The Morgan fingerprint density at radius 3 is 2.33 bits per heavy atom. The zero-order chi connectivity index (χ0) is 17.7. The van der Waals surface area contributed by atoms with Crippen molar-refractivity contribution < 1.29 is 22.8 Å². The first kappa shape index (κ1) is 17.5. The van der Waals surface area contributed by atoms with Gasteiger partial charge in [-0.3, -0.25) is 14.8 Å². The van der Waals surface area contributed by atoms with Gasteiger partial charge < -0.3 is 9.47 Å². The van der Waals surface area contributed by atoms with E-state index in [0.717, 1.165) is 12.1 Å². The highest BCUT2D eigenvalue weighted by molar-refractivity contribution is 7.92. The van der Waals surface area contributed by atoms with Gasteiger partial charge in [-0.2, -0.15) is 0 Å². The summed E-state index contributed by atoms with van der Waals surface area (Å²) in [4.78, 5) is 9.94. The van der Waals surface area contributed by atoms with E-state index >= 15 is 0 Å². The third kappa shape index (κ3) is 3.93. The van der Waals surface area contributed by atoms with Crippen molar-refractivity contribution in [1.82, 2.24) is 0 Å². The predicted octanol–water partition coefficient (Wildman–Crippen LogP) is 2.80. The molecule has 0 saturated carbocycles. The lowest BCUT2D eigenvalue weighted by Crippen LogP contribution is -2.13. The standard InChI is InChI=1S/C15H16N2O6S/c1-3-23-14-9-4-11(10-15(14)22-2)16-24(20,21)13-7-5-12(6-8-13)17(18)19/h4-10,16H,3H2,1-2H3. The molecule has 0 heterocycles. The molecule has 2 rings (SSSR count). The average Bonchev–Trinajstić information content (AvgIpc) is 2.56. The van der Waals surface area contributed by atoms with Crippen LogP contribution in [0.25, 0.3) is 0 Å². The van der Waals surface area contributed by atoms with Crippen LogP contribution in [0.2, 0.25) is 0 Å². The Kier molecular flexibility index (Phi) is 5.24. The number of anilines is 1. The number of hydrogen-bond acceptors (Lipinski definition) is 6. The summed E-state index contributed by atoms with van der Waals surface area (Å²) in [5.41, 5.74) is 0.102. The molecule has 0 amide bonds. The first-order valence-corrected chi connectivity index (χ1v) is 8.44. The Hall–Kier alpha value is -2.81. The fourth-order valence-corrected chi connectivity index (χ4v) is 3.02. The number of nitro groups is 1. The van der Waals surface area contributed by atoms with Gasteiger partial charge >= 0.3 is 0 Å². The average molecular weight is 352 g/mol. The highest BCUT2D eigenvalue weighted by Crippen LogP contribution is 2.31. The summed E-state index contributed by atoms with van der Waals surface area (Å²) < 4.78 is 37.6. The Morgan fingerprint density at radius 2 is 1.79 bits per heavy atom. The second kappa shape index (κ2) is 7.18. The number of nitrogens with one attached hydrogen (secondary N) is 1. The molecule has 0 atom stereocenters. The number of non-ortho nitro benzene ring substituents is 1. The largest absolute Gasteiger partial charge is 0.493 e. The van der Waals surface area contributed by atoms with E-state index in [1.807, 2.05) is 6.92 Å². The fraction of sp³-hybridized carbons (Fsp3) is 0.200. The Bertz CT molecular complexity index is 834.